The smallest absolute Gasteiger partial charge is 0.335 e. The van der Waals surface area contributed by atoms with Gasteiger partial charge in [0.2, 0.25) is 5.91 Å². The van der Waals surface area contributed by atoms with E-state index in [-0.39, 0.29) is 58.2 Å². The molecule has 0 unspecified atom stereocenters. The van der Waals surface area contributed by atoms with Crippen molar-refractivity contribution in [3.8, 4) is 0 Å². The molecule has 0 bridgehead atoms. The van der Waals surface area contributed by atoms with E-state index in [0.717, 1.165) is 16.8 Å². The first-order valence-electron chi connectivity index (χ1n) is 13.7. The Labute approximate surface area is 263 Å². The number of primary amides is 2. The number of hydrogen-bond donors (Lipinski definition) is 7. The Balaban J connectivity index is 1.38. The number of fused-ring (bicyclic) bond motifs is 1. The third-order valence-electron chi connectivity index (χ3n) is 7.11. The highest BCUT2D eigenvalue weighted by atomic mass is 16.4. The molecule has 4 amide bonds. The van der Waals surface area contributed by atoms with Crippen molar-refractivity contribution in [2.45, 2.75) is 19.1 Å². The molecule has 2 heterocycles. The highest BCUT2D eigenvalue weighted by Crippen LogP contribution is 2.18. The molecule has 2 aromatic heterocycles. The third kappa shape index (κ3) is 6.34. The summed E-state index contributed by atoms with van der Waals surface area (Å²) in [5.41, 5.74) is 15.5. The van der Waals surface area contributed by atoms with Gasteiger partial charge < -0.3 is 38.3 Å². The summed E-state index contributed by atoms with van der Waals surface area (Å²) >= 11 is 0. The molecule has 0 radical (unpaired) electrons. The lowest BCUT2D eigenvalue weighted by molar-refractivity contribution is -0.120. The van der Waals surface area contributed by atoms with Crippen molar-refractivity contribution in [2.75, 3.05) is 11.1 Å². The summed E-state index contributed by atoms with van der Waals surface area (Å²) in [5, 5.41) is 21.1. The molecular formula is C30H25N9O8. The van der Waals surface area contributed by atoms with E-state index in [1.54, 1.807) is 24.3 Å². The number of nitrogen functional groups attached to an aromatic ring is 1. The molecule has 1 atom stereocenters. The zero-order chi connectivity index (χ0) is 34.0. The SMILES string of the molecule is NC(=O)c1cnn2c(C(=O)NCc3cccc(CNc4c(N)c(=O)c4=O)c3)cc(C(=O)N[C@@H](C(N)=O)c3ccc(C(=O)O)cc3)nc12. The second-order valence-corrected chi connectivity index (χ2v) is 10.2. The van der Waals surface area contributed by atoms with E-state index in [1.165, 1.54) is 24.3 Å². The van der Waals surface area contributed by atoms with Gasteiger partial charge in [0.25, 0.3) is 28.6 Å². The van der Waals surface area contributed by atoms with Crippen molar-refractivity contribution in [1.29, 1.82) is 0 Å². The van der Waals surface area contributed by atoms with Crippen LogP contribution in [0.4, 0.5) is 11.4 Å². The van der Waals surface area contributed by atoms with Crippen molar-refractivity contribution in [2.24, 2.45) is 11.5 Å². The van der Waals surface area contributed by atoms with Gasteiger partial charge in [-0.15, -0.1) is 0 Å². The van der Waals surface area contributed by atoms with Crippen LogP contribution in [0, 0.1) is 0 Å². The van der Waals surface area contributed by atoms with E-state index in [0.29, 0.717) is 11.1 Å². The number of carbonyl (C=O) groups is 5. The van der Waals surface area contributed by atoms with E-state index in [9.17, 15) is 33.6 Å². The molecule has 0 saturated carbocycles. The summed E-state index contributed by atoms with van der Waals surface area (Å²) in [6.07, 6.45) is 1.08. The van der Waals surface area contributed by atoms with E-state index >= 15 is 0 Å². The van der Waals surface area contributed by atoms with Crippen LogP contribution in [0.2, 0.25) is 0 Å². The Bertz CT molecular complexity index is 2160. The molecule has 0 spiro atoms. The largest absolute Gasteiger partial charge is 0.478 e. The average molecular weight is 640 g/mol. The van der Waals surface area contributed by atoms with Crippen molar-refractivity contribution >= 4 is 46.6 Å². The molecule has 0 fully saturated rings. The van der Waals surface area contributed by atoms with Crippen LogP contribution in [-0.4, -0.2) is 49.3 Å². The van der Waals surface area contributed by atoms with Crippen molar-refractivity contribution in [1.82, 2.24) is 25.2 Å². The number of carbonyl (C=O) groups excluding carboxylic acids is 4. The third-order valence-corrected chi connectivity index (χ3v) is 7.11. The molecule has 238 valence electrons. The number of nitrogens with zero attached hydrogens (tertiary/aromatic N) is 3. The van der Waals surface area contributed by atoms with Gasteiger partial charge in [-0.05, 0) is 28.8 Å². The first kappa shape index (κ1) is 31.5. The number of hydrogen-bond acceptors (Lipinski definition) is 11. The minimum Gasteiger partial charge on any atom is -0.478 e. The maximum absolute atomic E-state index is 13.4. The van der Waals surface area contributed by atoms with Gasteiger partial charge in [-0.2, -0.15) is 5.10 Å². The number of anilines is 2. The summed E-state index contributed by atoms with van der Waals surface area (Å²) in [6, 6.07) is 11.7. The van der Waals surface area contributed by atoms with Crippen molar-refractivity contribution in [3.63, 3.8) is 0 Å². The lowest BCUT2D eigenvalue weighted by Gasteiger charge is -2.16. The maximum Gasteiger partial charge on any atom is 0.335 e. The van der Waals surface area contributed by atoms with Gasteiger partial charge in [0.05, 0.1) is 11.8 Å². The van der Waals surface area contributed by atoms with Crippen molar-refractivity contribution in [3.05, 3.63) is 120 Å². The number of carboxylic acids is 1. The van der Waals surface area contributed by atoms with Gasteiger partial charge in [-0.25, -0.2) is 14.3 Å². The topological polar surface area (TPSA) is 284 Å². The molecule has 0 aliphatic heterocycles. The van der Waals surface area contributed by atoms with E-state index < -0.39 is 46.5 Å². The molecule has 10 N–H and O–H groups in total. The lowest BCUT2D eigenvalue weighted by atomic mass is 10.0. The first-order valence-corrected chi connectivity index (χ1v) is 13.7. The summed E-state index contributed by atoms with van der Waals surface area (Å²) in [6.45, 7) is 0.180. The predicted octanol–water partition coefficient (Wildman–Crippen LogP) is -0.797. The molecule has 3 aromatic carbocycles. The zero-order valence-corrected chi connectivity index (χ0v) is 24.1. The van der Waals surface area contributed by atoms with Crippen LogP contribution >= 0.6 is 0 Å². The minimum atomic E-state index is -1.40. The Morgan fingerprint density at radius 2 is 1.57 bits per heavy atom. The second-order valence-electron chi connectivity index (χ2n) is 10.2. The van der Waals surface area contributed by atoms with Crippen LogP contribution in [0.5, 0.6) is 0 Å². The number of nitrogens with two attached hydrogens (primary N) is 3. The summed E-state index contributed by atoms with van der Waals surface area (Å²) in [7, 11) is 0. The molecule has 47 heavy (non-hydrogen) atoms. The number of rotatable bonds is 12. The Kier molecular flexibility index (Phi) is 8.45. The molecule has 0 aliphatic carbocycles. The summed E-state index contributed by atoms with van der Waals surface area (Å²) in [4.78, 5) is 89.4. The van der Waals surface area contributed by atoms with E-state index in [4.69, 9.17) is 22.3 Å². The highest BCUT2D eigenvalue weighted by Gasteiger charge is 2.26. The van der Waals surface area contributed by atoms with Crippen LogP contribution in [0.15, 0.2) is 70.4 Å². The number of amides is 4. The van der Waals surface area contributed by atoms with Gasteiger partial charge in [-0.3, -0.25) is 28.8 Å². The standard InChI is InChI=1S/C30H25N9O8/c31-20-22(24(41)23(20)40)34-10-13-2-1-3-14(8-13)11-35-29(45)19-9-18(37-27-17(25(32)42)12-36-39(19)27)28(44)38-21(26(33)43)15-4-6-16(7-5-15)30(46)47/h1-9,12,21,34H,10-11,31H2,(H2,32,42)(H2,33,43)(H,35,45)(H,38,44)(H,46,47)/t21-/m1/s1. The van der Waals surface area contributed by atoms with E-state index in [1.807, 2.05) is 0 Å². The van der Waals surface area contributed by atoms with Gasteiger partial charge in [0.15, 0.2) is 5.65 Å². The van der Waals surface area contributed by atoms with Gasteiger partial charge >= 0.3 is 5.97 Å². The predicted molar refractivity (Wildman–Crippen MR) is 165 cm³/mol. The van der Waals surface area contributed by atoms with E-state index in [2.05, 4.69) is 26.0 Å². The molecular weight excluding hydrogens is 614 g/mol. The van der Waals surface area contributed by atoms with Crippen molar-refractivity contribution < 1.29 is 29.1 Å². The second kappa shape index (κ2) is 12.6. The van der Waals surface area contributed by atoms with Crippen LogP contribution < -0.4 is 44.0 Å². The lowest BCUT2D eigenvalue weighted by Crippen LogP contribution is -2.38. The number of aromatic carboxylic acids is 1. The first-order chi connectivity index (χ1) is 22.3. The fraction of sp³-hybridized carbons (Fsp3) is 0.100. The Morgan fingerprint density at radius 1 is 0.894 bits per heavy atom. The van der Waals surface area contributed by atoms with Crippen LogP contribution in [0.1, 0.15) is 64.4 Å². The normalized spacial score (nSPS) is 11.6. The monoisotopic (exact) mass is 639 g/mol. The van der Waals surface area contributed by atoms with Crippen LogP contribution in [0.3, 0.4) is 0 Å². The molecule has 17 heteroatoms. The zero-order valence-electron chi connectivity index (χ0n) is 24.1. The number of aromatic nitrogens is 3. The van der Waals surface area contributed by atoms with Gasteiger partial charge in [0.1, 0.15) is 34.4 Å². The number of carboxylic acid groups (broad SMARTS) is 1. The molecule has 0 aliphatic rings. The summed E-state index contributed by atoms with van der Waals surface area (Å²) in [5.74, 6) is -4.76. The van der Waals surface area contributed by atoms with Gasteiger partial charge in [0, 0.05) is 19.2 Å². The molecule has 0 saturated heterocycles. The maximum atomic E-state index is 13.4. The highest BCUT2D eigenvalue weighted by molar-refractivity contribution is 6.03. The fourth-order valence-electron chi connectivity index (χ4n) is 4.65. The summed E-state index contributed by atoms with van der Waals surface area (Å²) < 4.78 is 1.03. The van der Waals surface area contributed by atoms with Gasteiger partial charge in [-0.1, -0.05) is 36.4 Å². The van der Waals surface area contributed by atoms with Crippen LogP contribution in [-0.2, 0) is 17.9 Å². The fourth-order valence-corrected chi connectivity index (χ4v) is 4.65. The average Bonchev–Trinajstić information content (AvgIpc) is 3.50. The number of nitrogens with one attached hydrogen (secondary N) is 3. The van der Waals surface area contributed by atoms with Crippen LogP contribution in [0.25, 0.3) is 5.65 Å². The quantitative estimate of drug-likeness (QED) is 0.0826. The molecule has 5 aromatic rings. The Morgan fingerprint density at radius 3 is 2.19 bits per heavy atom. The molecule has 5 rings (SSSR count). The molecule has 17 nitrogen and oxygen atoms in total. The Hall–Kier alpha value is -6.91. The number of benzene rings is 2. The minimum absolute atomic E-state index is 0.000301.